The van der Waals surface area contributed by atoms with Gasteiger partial charge in [0.05, 0.1) is 27.2 Å². The number of rotatable bonds is 6. The zero-order valence-electron chi connectivity index (χ0n) is 15.5. The van der Waals surface area contributed by atoms with Crippen LogP contribution in [0.2, 0.25) is 0 Å². The number of amides is 1. The van der Waals surface area contributed by atoms with E-state index in [4.69, 9.17) is 5.14 Å². The van der Waals surface area contributed by atoms with E-state index in [9.17, 15) is 13.2 Å². The van der Waals surface area contributed by atoms with E-state index in [1.54, 1.807) is 12.1 Å². The van der Waals surface area contributed by atoms with Gasteiger partial charge in [-0.15, -0.1) is 0 Å². The maximum absolute atomic E-state index is 12.3. The predicted octanol–water partition coefficient (Wildman–Crippen LogP) is 3.16. The molecule has 0 aliphatic heterocycles. The first-order chi connectivity index (χ1) is 13.2. The standard InChI is InChI=1S/C20H21N3O3S2/c1-13-11-20(23-18-6-4-3-5-17(13)18)27-12-19(24)22-14(2)15-7-9-16(10-8-15)28(21,25)26/h3-11,14H,12H2,1-2H3,(H,22,24)(H2,21,25,26)/t14-/m1/s1. The maximum Gasteiger partial charge on any atom is 0.238 e. The quantitative estimate of drug-likeness (QED) is 0.602. The summed E-state index contributed by atoms with van der Waals surface area (Å²) in [5, 5.41) is 9.91. The summed E-state index contributed by atoms with van der Waals surface area (Å²) in [6.07, 6.45) is 0. The summed E-state index contributed by atoms with van der Waals surface area (Å²) in [5.41, 5.74) is 2.83. The van der Waals surface area contributed by atoms with Gasteiger partial charge < -0.3 is 5.32 Å². The molecule has 1 atom stereocenters. The van der Waals surface area contributed by atoms with E-state index in [0.717, 1.165) is 27.1 Å². The van der Waals surface area contributed by atoms with Crippen molar-refractivity contribution in [1.29, 1.82) is 0 Å². The highest BCUT2D eigenvalue weighted by atomic mass is 32.2. The fourth-order valence-electron chi connectivity index (χ4n) is 2.84. The molecule has 28 heavy (non-hydrogen) atoms. The summed E-state index contributed by atoms with van der Waals surface area (Å²) < 4.78 is 22.6. The molecule has 3 N–H and O–H groups in total. The van der Waals surface area contributed by atoms with Crippen molar-refractivity contribution in [2.24, 2.45) is 5.14 Å². The van der Waals surface area contributed by atoms with Gasteiger partial charge >= 0.3 is 0 Å². The van der Waals surface area contributed by atoms with Crippen molar-refractivity contribution in [3.63, 3.8) is 0 Å². The normalized spacial score (nSPS) is 12.7. The molecule has 6 nitrogen and oxygen atoms in total. The molecule has 1 heterocycles. The van der Waals surface area contributed by atoms with Crippen LogP contribution in [0.5, 0.6) is 0 Å². The zero-order valence-corrected chi connectivity index (χ0v) is 17.2. The van der Waals surface area contributed by atoms with Crippen molar-refractivity contribution < 1.29 is 13.2 Å². The van der Waals surface area contributed by atoms with Gasteiger partial charge in [0.25, 0.3) is 0 Å². The number of primary sulfonamides is 1. The van der Waals surface area contributed by atoms with Gasteiger partial charge in [-0.1, -0.05) is 42.1 Å². The SMILES string of the molecule is Cc1cc(SCC(=O)N[C@H](C)c2ccc(S(N)(=O)=O)cc2)nc2ccccc12. The van der Waals surface area contributed by atoms with E-state index in [-0.39, 0.29) is 22.6 Å². The number of nitrogens with zero attached hydrogens (tertiary/aromatic N) is 1. The van der Waals surface area contributed by atoms with Gasteiger partial charge in [-0.2, -0.15) is 0 Å². The van der Waals surface area contributed by atoms with Crippen molar-refractivity contribution in [3.8, 4) is 0 Å². The zero-order chi connectivity index (χ0) is 20.3. The lowest BCUT2D eigenvalue weighted by atomic mass is 10.1. The molecule has 3 aromatic rings. The van der Waals surface area contributed by atoms with Crippen molar-refractivity contribution in [2.45, 2.75) is 29.8 Å². The number of aromatic nitrogens is 1. The second kappa shape index (κ2) is 8.30. The number of carbonyl (C=O) groups excluding carboxylic acids is 1. The molecule has 1 amide bonds. The van der Waals surface area contributed by atoms with Crippen LogP contribution >= 0.6 is 11.8 Å². The van der Waals surface area contributed by atoms with Crippen LogP contribution in [0.25, 0.3) is 10.9 Å². The summed E-state index contributed by atoms with van der Waals surface area (Å²) in [5.74, 6) is 0.116. The highest BCUT2D eigenvalue weighted by molar-refractivity contribution is 7.99. The molecule has 0 saturated carbocycles. The van der Waals surface area contributed by atoms with E-state index in [2.05, 4.69) is 10.3 Å². The minimum atomic E-state index is -3.72. The van der Waals surface area contributed by atoms with Crippen LogP contribution in [-0.4, -0.2) is 25.1 Å². The fraction of sp³-hybridized carbons (Fsp3) is 0.200. The molecule has 0 aliphatic rings. The molecule has 146 valence electrons. The molecule has 1 aromatic heterocycles. The van der Waals surface area contributed by atoms with Crippen LogP contribution in [0.3, 0.4) is 0 Å². The number of aryl methyl sites for hydroxylation is 1. The molecular formula is C20H21N3O3S2. The molecule has 0 unspecified atom stereocenters. The predicted molar refractivity (Wildman–Crippen MR) is 112 cm³/mol. The molecule has 0 aliphatic carbocycles. The van der Waals surface area contributed by atoms with Gasteiger partial charge in [-0.3, -0.25) is 4.79 Å². The topological polar surface area (TPSA) is 102 Å². The largest absolute Gasteiger partial charge is 0.349 e. The summed E-state index contributed by atoms with van der Waals surface area (Å²) >= 11 is 1.38. The first kappa shape index (κ1) is 20.3. The highest BCUT2D eigenvalue weighted by Gasteiger charge is 2.13. The Morgan fingerprint density at radius 2 is 1.86 bits per heavy atom. The fourth-order valence-corrected chi connectivity index (χ4v) is 4.15. The lowest BCUT2D eigenvalue weighted by Gasteiger charge is -2.14. The van der Waals surface area contributed by atoms with Gasteiger partial charge in [0, 0.05) is 5.39 Å². The molecule has 0 radical (unpaired) electrons. The number of thioether (sulfide) groups is 1. The van der Waals surface area contributed by atoms with Crippen LogP contribution in [0.4, 0.5) is 0 Å². The van der Waals surface area contributed by atoms with Crippen LogP contribution in [0.15, 0.2) is 64.5 Å². The summed E-state index contributed by atoms with van der Waals surface area (Å²) in [7, 11) is -3.72. The lowest BCUT2D eigenvalue weighted by molar-refractivity contribution is -0.119. The monoisotopic (exact) mass is 415 g/mol. The van der Waals surface area contributed by atoms with Gasteiger partial charge in [0.2, 0.25) is 15.9 Å². The second-order valence-electron chi connectivity index (χ2n) is 6.49. The molecular weight excluding hydrogens is 394 g/mol. The molecule has 0 fully saturated rings. The van der Waals surface area contributed by atoms with E-state index in [0.29, 0.717) is 0 Å². The summed E-state index contributed by atoms with van der Waals surface area (Å²) in [4.78, 5) is 16.9. The Labute approximate surface area is 168 Å². The average Bonchev–Trinajstić information content (AvgIpc) is 2.66. The number of pyridine rings is 1. The first-order valence-corrected chi connectivity index (χ1v) is 11.2. The van der Waals surface area contributed by atoms with Gasteiger partial charge in [0.1, 0.15) is 0 Å². The van der Waals surface area contributed by atoms with Gasteiger partial charge in [0.15, 0.2) is 0 Å². The Kier molecular flexibility index (Phi) is 6.02. The minimum Gasteiger partial charge on any atom is -0.349 e. The van der Waals surface area contributed by atoms with Crippen molar-refractivity contribution >= 4 is 38.6 Å². The molecule has 2 aromatic carbocycles. The summed E-state index contributed by atoms with van der Waals surface area (Å²) in [6, 6.07) is 15.8. The Balaban J connectivity index is 1.61. The number of hydrogen-bond acceptors (Lipinski definition) is 5. The molecule has 8 heteroatoms. The van der Waals surface area contributed by atoms with Gasteiger partial charge in [-0.25, -0.2) is 18.5 Å². The number of fused-ring (bicyclic) bond motifs is 1. The van der Waals surface area contributed by atoms with Crippen LogP contribution in [-0.2, 0) is 14.8 Å². The molecule has 0 bridgehead atoms. The van der Waals surface area contributed by atoms with E-state index in [1.165, 1.54) is 23.9 Å². The minimum absolute atomic E-state index is 0.0445. The third-order valence-corrected chi connectivity index (χ3v) is 6.18. The number of sulfonamides is 1. The number of hydrogen-bond donors (Lipinski definition) is 2. The van der Waals surface area contributed by atoms with Crippen molar-refractivity contribution in [2.75, 3.05) is 5.75 Å². The van der Waals surface area contributed by atoms with E-state index in [1.807, 2.05) is 44.2 Å². The van der Waals surface area contributed by atoms with Crippen molar-refractivity contribution in [1.82, 2.24) is 10.3 Å². The van der Waals surface area contributed by atoms with Crippen LogP contribution < -0.4 is 10.5 Å². The average molecular weight is 416 g/mol. The lowest BCUT2D eigenvalue weighted by Crippen LogP contribution is -2.28. The molecule has 0 spiro atoms. The Hall–Kier alpha value is -2.42. The number of nitrogens with one attached hydrogen (secondary N) is 1. The molecule has 3 rings (SSSR count). The van der Waals surface area contributed by atoms with Crippen LogP contribution in [0, 0.1) is 6.92 Å². The highest BCUT2D eigenvalue weighted by Crippen LogP contribution is 2.23. The Morgan fingerprint density at radius 1 is 1.18 bits per heavy atom. The third kappa shape index (κ3) is 4.89. The smallest absolute Gasteiger partial charge is 0.238 e. The second-order valence-corrected chi connectivity index (χ2v) is 9.04. The van der Waals surface area contributed by atoms with Crippen molar-refractivity contribution in [3.05, 3.63) is 65.7 Å². The summed E-state index contributed by atoms with van der Waals surface area (Å²) in [6.45, 7) is 3.87. The number of nitrogens with two attached hydrogens (primary N) is 1. The number of para-hydroxylation sites is 1. The Morgan fingerprint density at radius 3 is 2.54 bits per heavy atom. The third-order valence-electron chi connectivity index (χ3n) is 4.34. The Bertz CT molecular complexity index is 1110. The van der Waals surface area contributed by atoms with E-state index < -0.39 is 10.0 Å². The van der Waals surface area contributed by atoms with Gasteiger partial charge in [-0.05, 0) is 49.2 Å². The number of benzene rings is 2. The first-order valence-electron chi connectivity index (χ1n) is 8.65. The van der Waals surface area contributed by atoms with E-state index >= 15 is 0 Å². The number of carbonyl (C=O) groups is 1. The molecule has 0 saturated heterocycles. The van der Waals surface area contributed by atoms with Crippen LogP contribution in [0.1, 0.15) is 24.1 Å². The maximum atomic E-state index is 12.3.